The van der Waals surface area contributed by atoms with Crippen molar-refractivity contribution in [3.8, 4) is 0 Å². The zero-order valence-electron chi connectivity index (χ0n) is 13.0. The molecule has 1 N–H and O–H groups in total. The molecule has 0 saturated carbocycles. The first kappa shape index (κ1) is 15.9. The predicted octanol–water partition coefficient (Wildman–Crippen LogP) is 2.37. The van der Waals surface area contributed by atoms with Crippen molar-refractivity contribution in [1.82, 2.24) is 10.2 Å². The molecule has 18 heavy (non-hydrogen) atoms. The monoisotopic (exact) mass is 256 g/mol. The van der Waals surface area contributed by atoms with E-state index in [1.54, 1.807) is 0 Å². The molecule has 0 amide bonds. The van der Waals surface area contributed by atoms with Crippen LogP contribution in [0, 0.1) is 11.3 Å². The molecule has 1 saturated heterocycles. The number of hydrogen-bond donors (Lipinski definition) is 1. The largest absolute Gasteiger partial charge is 0.381 e. The van der Waals surface area contributed by atoms with E-state index in [-0.39, 0.29) is 0 Å². The third-order valence-electron chi connectivity index (χ3n) is 4.10. The minimum atomic E-state index is 0.342. The summed E-state index contributed by atoms with van der Waals surface area (Å²) in [6.45, 7) is 11.3. The van der Waals surface area contributed by atoms with Gasteiger partial charge in [0.1, 0.15) is 0 Å². The van der Waals surface area contributed by atoms with Crippen LogP contribution in [0.2, 0.25) is 0 Å². The average molecular weight is 256 g/mol. The Morgan fingerprint density at radius 2 is 1.89 bits per heavy atom. The smallest absolute Gasteiger partial charge is 0.0469 e. The van der Waals surface area contributed by atoms with E-state index in [2.05, 4.69) is 45.1 Å². The molecule has 1 heterocycles. The van der Waals surface area contributed by atoms with Crippen molar-refractivity contribution in [3.05, 3.63) is 0 Å². The molecule has 0 aliphatic carbocycles. The normalized spacial score (nSPS) is 20.3. The fourth-order valence-corrected chi connectivity index (χ4v) is 2.82. The molecule has 1 fully saturated rings. The first-order valence-electron chi connectivity index (χ1n) is 7.37. The highest BCUT2D eigenvalue weighted by atomic mass is 16.5. The van der Waals surface area contributed by atoms with Crippen LogP contribution >= 0.6 is 0 Å². The molecule has 0 bridgehead atoms. The van der Waals surface area contributed by atoms with Crippen LogP contribution in [0.1, 0.15) is 40.0 Å². The van der Waals surface area contributed by atoms with Crippen LogP contribution in [0.15, 0.2) is 0 Å². The van der Waals surface area contributed by atoms with E-state index in [0.29, 0.717) is 11.5 Å². The van der Waals surface area contributed by atoms with Gasteiger partial charge in [-0.3, -0.25) is 0 Å². The van der Waals surface area contributed by atoms with Gasteiger partial charge < -0.3 is 15.0 Å². The van der Waals surface area contributed by atoms with Crippen molar-refractivity contribution in [1.29, 1.82) is 0 Å². The van der Waals surface area contributed by atoms with Gasteiger partial charge in [0.15, 0.2) is 0 Å². The summed E-state index contributed by atoms with van der Waals surface area (Å²) >= 11 is 0. The Morgan fingerprint density at radius 3 is 2.39 bits per heavy atom. The highest BCUT2D eigenvalue weighted by Crippen LogP contribution is 2.22. The lowest BCUT2D eigenvalue weighted by atomic mass is 9.85. The molecule has 0 radical (unpaired) electrons. The highest BCUT2D eigenvalue weighted by molar-refractivity contribution is 4.80. The fraction of sp³-hybridized carbons (Fsp3) is 1.00. The van der Waals surface area contributed by atoms with Gasteiger partial charge in [-0.05, 0) is 51.2 Å². The number of nitrogens with zero attached hydrogens (tertiary/aromatic N) is 1. The lowest BCUT2D eigenvalue weighted by Crippen LogP contribution is -2.41. The Balaban J connectivity index is 2.24. The van der Waals surface area contributed by atoms with Gasteiger partial charge in [0, 0.05) is 25.8 Å². The van der Waals surface area contributed by atoms with E-state index in [1.165, 1.54) is 32.4 Å². The lowest BCUT2D eigenvalue weighted by Gasteiger charge is -2.33. The second kappa shape index (κ2) is 7.46. The molecule has 3 nitrogen and oxygen atoms in total. The molecule has 1 atom stereocenters. The van der Waals surface area contributed by atoms with Crippen LogP contribution in [0.4, 0.5) is 0 Å². The van der Waals surface area contributed by atoms with E-state index in [4.69, 9.17) is 4.74 Å². The van der Waals surface area contributed by atoms with Crippen LogP contribution in [-0.4, -0.2) is 51.3 Å². The van der Waals surface area contributed by atoms with Crippen molar-refractivity contribution in [2.45, 2.75) is 46.1 Å². The standard InChI is InChI=1S/C15H32N2O/c1-15(2,3)14(16-4)6-9-17(5)12-13-7-10-18-11-8-13/h13-14,16H,6-12H2,1-5H3. The van der Waals surface area contributed by atoms with E-state index in [9.17, 15) is 0 Å². The van der Waals surface area contributed by atoms with Gasteiger partial charge in [-0.25, -0.2) is 0 Å². The van der Waals surface area contributed by atoms with Gasteiger partial charge in [0.2, 0.25) is 0 Å². The van der Waals surface area contributed by atoms with Crippen LogP contribution in [0.3, 0.4) is 0 Å². The predicted molar refractivity (Wildman–Crippen MR) is 78.0 cm³/mol. The summed E-state index contributed by atoms with van der Waals surface area (Å²) in [6, 6.07) is 0.592. The summed E-state index contributed by atoms with van der Waals surface area (Å²) in [7, 11) is 4.33. The Labute approximate surface area is 113 Å². The first-order valence-corrected chi connectivity index (χ1v) is 7.37. The molecule has 0 aromatic carbocycles. The van der Waals surface area contributed by atoms with Crippen LogP contribution in [0.5, 0.6) is 0 Å². The van der Waals surface area contributed by atoms with Gasteiger partial charge in [-0.15, -0.1) is 0 Å². The summed E-state index contributed by atoms with van der Waals surface area (Å²) in [5.41, 5.74) is 0.342. The number of rotatable bonds is 6. The van der Waals surface area contributed by atoms with Gasteiger partial charge in [-0.1, -0.05) is 20.8 Å². The maximum atomic E-state index is 5.41. The second-order valence-electron chi connectivity index (χ2n) is 6.81. The van der Waals surface area contributed by atoms with E-state index >= 15 is 0 Å². The number of nitrogens with one attached hydrogen (secondary N) is 1. The summed E-state index contributed by atoms with van der Waals surface area (Å²) in [4.78, 5) is 2.49. The van der Waals surface area contributed by atoms with Crippen molar-refractivity contribution < 1.29 is 4.74 Å². The Hall–Kier alpha value is -0.120. The maximum absolute atomic E-state index is 5.41. The summed E-state index contributed by atoms with van der Waals surface area (Å²) in [5.74, 6) is 0.839. The molecule has 1 aliphatic heterocycles. The highest BCUT2D eigenvalue weighted by Gasteiger charge is 2.23. The SMILES string of the molecule is CNC(CCN(C)CC1CCOCC1)C(C)(C)C. The Kier molecular flexibility index (Phi) is 6.61. The Morgan fingerprint density at radius 1 is 1.28 bits per heavy atom. The summed E-state index contributed by atoms with van der Waals surface area (Å²) in [5, 5.41) is 3.45. The molecular formula is C15H32N2O. The molecule has 3 heteroatoms. The molecule has 0 aromatic heterocycles. The minimum absolute atomic E-state index is 0.342. The number of ether oxygens (including phenoxy) is 1. The van der Waals surface area contributed by atoms with Gasteiger partial charge in [0.05, 0.1) is 0 Å². The fourth-order valence-electron chi connectivity index (χ4n) is 2.82. The molecule has 1 aliphatic rings. The van der Waals surface area contributed by atoms with Gasteiger partial charge >= 0.3 is 0 Å². The maximum Gasteiger partial charge on any atom is 0.0469 e. The number of hydrogen-bond acceptors (Lipinski definition) is 3. The third kappa shape index (κ3) is 5.68. The molecule has 1 unspecified atom stereocenters. The van der Waals surface area contributed by atoms with Crippen LogP contribution < -0.4 is 5.32 Å². The first-order chi connectivity index (χ1) is 8.43. The average Bonchev–Trinajstić information content (AvgIpc) is 2.29. The zero-order valence-corrected chi connectivity index (χ0v) is 13.0. The quantitative estimate of drug-likeness (QED) is 0.789. The molecule has 0 aromatic rings. The molecule has 0 spiro atoms. The summed E-state index contributed by atoms with van der Waals surface area (Å²) < 4.78 is 5.41. The van der Waals surface area contributed by atoms with Crippen LogP contribution in [-0.2, 0) is 4.74 Å². The lowest BCUT2D eigenvalue weighted by molar-refractivity contribution is 0.0548. The van der Waals surface area contributed by atoms with Crippen LogP contribution in [0.25, 0.3) is 0 Å². The molecule has 1 rings (SSSR count). The van der Waals surface area contributed by atoms with Gasteiger partial charge in [0.25, 0.3) is 0 Å². The molecular weight excluding hydrogens is 224 g/mol. The van der Waals surface area contributed by atoms with Crippen molar-refractivity contribution >= 4 is 0 Å². The molecule has 108 valence electrons. The van der Waals surface area contributed by atoms with E-state index in [1.807, 2.05) is 0 Å². The topological polar surface area (TPSA) is 24.5 Å². The minimum Gasteiger partial charge on any atom is -0.381 e. The van der Waals surface area contributed by atoms with Crippen molar-refractivity contribution in [3.63, 3.8) is 0 Å². The summed E-state index contributed by atoms with van der Waals surface area (Å²) in [6.07, 6.45) is 3.69. The van der Waals surface area contributed by atoms with E-state index < -0.39 is 0 Å². The Bertz CT molecular complexity index is 219. The van der Waals surface area contributed by atoms with Crippen molar-refractivity contribution in [2.24, 2.45) is 11.3 Å². The zero-order chi connectivity index (χ0) is 13.6. The third-order valence-corrected chi connectivity index (χ3v) is 4.10. The second-order valence-corrected chi connectivity index (χ2v) is 6.81. The van der Waals surface area contributed by atoms with E-state index in [0.717, 1.165) is 19.1 Å². The van der Waals surface area contributed by atoms with Crippen molar-refractivity contribution in [2.75, 3.05) is 40.4 Å². The van der Waals surface area contributed by atoms with Gasteiger partial charge in [-0.2, -0.15) is 0 Å².